The lowest BCUT2D eigenvalue weighted by molar-refractivity contribution is -0.123. The normalized spacial score (nSPS) is 11.7. The summed E-state index contributed by atoms with van der Waals surface area (Å²) in [7, 11) is 3.79. The van der Waals surface area contributed by atoms with Crippen LogP contribution in [0.1, 0.15) is 17.3 Å². The van der Waals surface area contributed by atoms with Crippen molar-refractivity contribution < 1.29 is 14.3 Å². The number of esters is 1. The molecule has 0 radical (unpaired) electrons. The van der Waals surface area contributed by atoms with E-state index in [1.165, 1.54) is 0 Å². The van der Waals surface area contributed by atoms with Crippen LogP contribution in [0, 0.1) is 0 Å². The van der Waals surface area contributed by atoms with Crippen molar-refractivity contribution in [2.45, 2.75) is 13.0 Å². The zero-order valence-corrected chi connectivity index (χ0v) is 15.6. The van der Waals surface area contributed by atoms with Crippen LogP contribution in [0.3, 0.4) is 0 Å². The SMILES string of the molecule is C[C@@H](OC(=O)c1cccc(N(C)C)c1)C(=O)Nc1cccc2ccccc12. The minimum atomic E-state index is -0.917. The molecule has 0 heterocycles. The highest BCUT2D eigenvalue weighted by Gasteiger charge is 2.20. The maximum absolute atomic E-state index is 12.5. The van der Waals surface area contributed by atoms with Gasteiger partial charge in [-0.05, 0) is 36.6 Å². The molecule has 3 aromatic rings. The molecule has 1 amide bonds. The highest BCUT2D eigenvalue weighted by atomic mass is 16.5. The van der Waals surface area contributed by atoms with E-state index >= 15 is 0 Å². The predicted octanol–water partition coefficient (Wildman–Crippen LogP) is 4.09. The molecule has 0 saturated carbocycles. The molecule has 5 nitrogen and oxygen atoms in total. The number of amides is 1. The van der Waals surface area contributed by atoms with Crippen LogP contribution in [0.15, 0.2) is 66.7 Å². The molecule has 1 N–H and O–H groups in total. The van der Waals surface area contributed by atoms with Crippen LogP contribution in [0.2, 0.25) is 0 Å². The quantitative estimate of drug-likeness (QED) is 0.695. The molecule has 3 aromatic carbocycles. The molecule has 0 unspecified atom stereocenters. The van der Waals surface area contributed by atoms with Crippen molar-refractivity contribution in [3.05, 3.63) is 72.3 Å². The fourth-order valence-corrected chi connectivity index (χ4v) is 2.76. The standard InChI is InChI=1S/C22H22N2O3/c1-15(27-22(26)17-10-6-11-18(14-17)24(2)3)21(25)23-20-13-7-9-16-8-4-5-12-19(16)20/h4-15H,1-3H3,(H,23,25)/t15-/m1/s1. The van der Waals surface area contributed by atoms with Crippen LogP contribution in [-0.2, 0) is 9.53 Å². The fourth-order valence-electron chi connectivity index (χ4n) is 2.76. The van der Waals surface area contributed by atoms with Crippen LogP contribution < -0.4 is 10.2 Å². The molecule has 138 valence electrons. The minimum absolute atomic E-state index is 0.372. The second-order valence-corrected chi connectivity index (χ2v) is 6.51. The lowest BCUT2D eigenvalue weighted by Crippen LogP contribution is -2.30. The Balaban J connectivity index is 1.70. The molecule has 5 heteroatoms. The maximum atomic E-state index is 12.5. The first kappa shape index (κ1) is 18.5. The zero-order chi connectivity index (χ0) is 19.4. The van der Waals surface area contributed by atoms with E-state index in [1.54, 1.807) is 25.1 Å². The van der Waals surface area contributed by atoms with Gasteiger partial charge in [0.05, 0.1) is 5.56 Å². The Morgan fingerprint density at radius 1 is 0.963 bits per heavy atom. The third kappa shape index (κ3) is 4.26. The van der Waals surface area contributed by atoms with Crippen LogP contribution in [0.4, 0.5) is 11.4 Å². The van der Waals surface area contributed by atoms with E-state index in [0.717, 1.165) is 16.5 Å². The van der Waals surface area contributed by atoms with Crippen molar-refractivity contribution in [3.8, 4) is 0 Å². The molecule has 0 aromatic heterocycles. The van der Waals surface area contributed by atoms with E-state index in [0.29, 0.717) is 11.3 Å². The van der Waals surface area contributed by atoms with Gasteiger partial charge in [-0.15, -0.1) is 0 Å². The second-order valence-electron chi connectivity index (χ2n) is 6.51. The lowest BCUT2D eigenvalue weighted by atomic mass is 10.1. The first-order valence-corrected chi connectivity index (χ1v) is 8.72. The summed E-state index contributed by atoms with van der Waals surface area (Å²) in [5, 5.41) is 4.81. The predicted molar refractivity (Wildman–Crippen MR) is 108 cm³/mol. The molecule has 0 saturated heterocycles. The number of ether oxygens (including phenoxy) is 1. The van der Waals surface area contributed by atoms with Gasteiger partial charge in [-0.3, -0.25) is 4.79 Å². The van der Waals surface area contributed by atoms with Crippen molar-refractivity contribution in [2.24, 2.45) is 0 Å². The summed E-state index contributed by atoms with van der Waals surface area (Å²) in [5.41, 5.74) is 1.99. The van der Waals surface area contributed by atoms with E-state index in [2.05, 4.69) is 5.32 Å². The molecular weight excluding hydrogens is 340 g/mol. The van der Waals surface area contributed by atoms with Gasteiger partial charge in [-0.2, -0.15) is 0 Å². The molecule has 27 heavy (non-hydrogen) atoms. The molecule has 0 aliphatic heterocycles. The van der Waals surface area contributed by atoms with Crippen molar-refractivity contribution in [1.82, 2.24) is 0 Å². The minimum Gasteiger partial charge on any atom is -0.449 e. The molecule has 0 fully saturated rings. The fraction of sp³-hybridized carbons (Fsp3) is 0.182. The summed E-state index contributed by atoms with van der Waals surface area (Å²) in [6.07, 6.45) is -0.917. The van der Waals surface area contributed by atoms with Crippen molar-refractivity contribution in [1.29, 1.82) is 0 Å². The Kier molecular flexibility index (Phi) is 5.41. The number of hydrogen-bond acceptors (Lipinski definition) is 4. The summed E-state index contributed by atoms with van der Waals surface area (Å²) in [6.45, 7) is 1.56. The molecule has 0 aliphatic carbocycles. The molecule has 1 atom stereocenters. The van der Waals surface area contributed by atoms with Gasteiger partial charge in [-0.1, -0.05) is 42.5 Å². The van der Waals surface area contributed by atoms with Crippen molar-refractivity contribution in [2.75, 3.05) is 24.3 Å². The van der Waals surface area contributed by atoms with Crippen LogP contribution >= 0.6 is 0 Å². The van der Waals surface area contributed by atoms with E-state index in [-0.39, 0.29) is 5.91 Å². The van der Waals surface area contributed by atoms with Crippen LogP contribution in [-0.4, -0.2) is 32.1 Å². The Bertz CT molecular complexity index is 977. The number of anilines is 2. The topological polar surface area (TPSA) is 58.6 Å². The Morgan fingerprint density at radius 2 is 1.67 bits per heavy atom. The average Bonchev–Trinajstić information content (AvgIpc) is 2.68. The summed E-state index contributed by atoms with van der Waals surface area (Å²) < 4.78 is 5.35. The smallest absolute Gasteiger partial charge is 0.338 e. The molecule has 0 bridgehead atoms. The summed E-state index contributed by atoms with van der Waals surface area (Å²) in [6, 6.07) is 20.5. The van der Waals surface area contributed by atoms with Gasteiger partial charge in [0.1, 0.15) is 0 Å². The summed E-state index contributed by atoms with van der Waals surface area (Å²) in [4.78, 5) is 26.8. The number of benzene rings is 3. The zero-order valence-electron chi connectivity index (χ0n) is 15.6. The van der Waals surface area contributed by atoms with E-state index in [1.807, 2.05) is 67.5 Å². The Hall–Kier alpha value is -3.34. The number of nitrogens with zero attached hydrogens (tertiary/aromatic N) is 1. The van der Waals surface area contributed by atoms with E-state index in [4.69, 9.17) is 4.74 Å². The first-order chi connectivity index (χ1) is 13.0. The number of rotatable bonds is 5. The molecular formula is C22H22N2O3. The van der Waals surface area contributed by atoms with Crippen molar-refractivity contribution >= 4 is 34.0 Å². The number of hydrogen-bond donors (Lipinski definition) is 1. The third-order valence-electron chi connectivity index (χ3n) is 4.30. The maximum Gasteiger partial charge on any atom is 0.338 e. The Labute approximate surface area is 158 Å². The molecule has 0 spiro atoms. The number of carbonyl (C=O) groups is 2. The largest absolute Gasteiger partial charge is 0.449 e. The van der Waals surface area contributed by atoms with E-state index in [9.17, 15) is 9.59 Å². The van der Waals surface area contributed by atoms with Gasteiger partial charge < -0.3 is 15.0 Å². The van der Waals surface area contributed by atoms with Gasteiger partial charge >= 0.3 is 5.97 Å². The number of carbonyl (C=O) groups excluding carboxylic acids is 2. The summed E-state index contributed by atoms with van der Waals surface area (Å²) in [5.74, 6) is -0.900. The number of fused-ring (bicyclic) bond motifs is 1. The molecule has 0 aliphatic rings. The van der Waals surface area contributed by atoms with Gasteiger partial charge in [0.2, 0.25) is 0 Å². The van der Waals surface area contributed by atoms with Crippen LogP contribution in [0.25, 0.3) is 10.8 Å². The molecule has 3 rings (SSSR count). The average molecular weight is 362 g/mol. The van der Waals surface area contributed by atoms with Gasteiger partial charge in [-0.25, -0.2) is 4.79 Å². The highest BCUT2D eigenvalue weighted by molar-refractivity contribution is 6.04. The summed E-state index contributed by atoms with van der Waals surface area (Å²) >= 11 is 0. The van der Waals surface area contributed by atoms with Crippen LogP contribution in [0.5, 0.6) is 0 Å². The van der Waals surface area contributed by atoms with Gasteiger partial charge in [0.15, 0.2) is 6.10 Å². The first-order valence-electron chi connectivity index (χ1n) is 8.72. The Morgan fingerprint density at radius 3 is 2.44 bits per heavy atom. The lowest BCUT2D eigenvalue weighted by Gasteiger charge is -2.16. The highest BCUT2D eigenvalue weighted by Crippen LogP contribution is 2.23. The van der Waals surface area contributed by atoms with E-state index < -0.39 is 12.1 Å². The number of nitrogens with one attached hydrogen (secondary N) is 1. The van der Waals surface area contributed by atoms with Gasteiger partial charge in [0, 0.05) is 30.9 Å². The van der Waals surface area contributed by atoms with Crippen molar-refractivity contribution in [3.63, 3.8) is 0 Å². The third-order valence-corrected chi connectivity index (χ3v) is 4.30. The van der Waals surface area contributed by atoms with Gasteiger partial charge in [0.25, 0.3) is 5.91 Å². The monoisotopic (exact) mass is 362 g/mol. The second kappa shape index (κ2) is 7.91.